The Labute approximate surface area is 100 Å². The highest BCUT2D eigenvalue weighted by Crippen LogP contribution is 2.21. The maximum atomic E-state index is 5.93. The van der Waals surface area contributed by atoms with E-state index in [1.165, 1.54) is 6.20 Å². The first-order chi connectivity index (χ1) is 6.99. The van der Waals surface area contributed by atoms with Gasteiger partial charge in [-0.25, -0.2) is 4.98 Å². The molecule has 0 amide bonds. The largest absolute Gasteiger partial charge is 0.366 e. The van der Waals surface area contributed by atoms with Gasteiger partial charge in [-0.3, -0.25) is 0 Å². The molecule has 0 radical (unpaired) electrons. The van der Waals surface area contributed by atoms with Crippen LogP contribution in [-0.4, -0.2) is 16.0 Å². The summed E-state index contributed by atoms with van der Waals surface area (Å²) in [7, 11) is 0. The molecule has 1 aromatic rings. The van der Waals surface area contributed by atoms with Crippen molar-refractivity contribution in [3.8, 4) is 0 Å². The second kappa shape index (κ2) is 5.52. The van der Waals surface area contributed by atoms with Gasteiger partial charge < -0.3 is 5.32 Å². The van der Waals surface area contributed by atoms with E-state index in [0.717, 1.165) is 6.42 Å². The molecule has 0 saturated carbocycles. The smallest absolute Gasteiger partial charge is 0.224 e. The molecule has 1 rings (SSSR count). The van der Waals surface area contributed by atoms with Gasteiger partial charge in [-0.15, -0.1) is 0 Å². The zero-order chi connectivity index (χ0) is 11.4. The summed E-state index contributed by atoms with van der Waals surface area (Å²) in [5.41, 5.74) is 0. The Bertz CT molecular complexity index is 328. The Balaban J connectivity index is 2.67. The SMILES string of the molecule is CC(C)CC(C)Nc1nc(Cl)ncc1Cl. The summed E-state index contributed by atoms with van der Waals surface area (Å²) in [6.45, 7) is 6.44. The van der Waals surface area contributed by atoms with Gasteiger partial charge in [0.1, 0.15) is 10.8 Å². The van der Waals surface area contributed by atoms with Crippen molar-refractivity contribution < 1.29 is 0 Å². The number of halogens is 2. The van der Waals surface area contributed by atoms with Crippen molar-refractivity contribution in [2.24, 2.45) is 5.92 Å². The predicted molar refractivity (Wildman–Crippen MR) is 64.6 cm³/mol. The van der Waals surface area contributed by atoms with E-state index in [1.807, 2.05) is 0 Å². The first-order valence-corrected chi connectivity index (χ1v) is 5.69. The van der Waals surface area contributed by atoms with E-state index in [2.05, 4.69) is 36.1 Å². The predicted octanol–water partition coefficient (Wildman–Crippen LogP) is 3.63. The van der Waals surface area contributed by atoms with Crippen molar-refractivity contribution in [2.45, 2.75) is 33.2 Å². The maximum absolute atomic E-state index is 5.93. The molecule has 0 spiro atoms. The number of anilines is 1. The molecule has 0 aliphatic carbocycles. The molecule has 0 aromatic carbocycles. The molecular formula is C10H15Cl2N3. The van der Waals surface area contributed by atoms with Gasteiger partial charge in [0.25, 0.3) is 0 Å². The topological polar surface area (TPSA) is 37.8 Å². The average molecular weight is 248 g/mol. The van der Waals surface area contributed by atoms with Crippen molar-refractivity contribution >= 4 is 29.0 Å². The fraction of sp³-hybridized carbons (Fsp3) is 0.600. The van der Waals surface area contributed by atoms with E-state index in [0.29, 0.717) is 22.8 Å². The van der Waals surface area contributed by atoms with E-state index in [9.17, 15) is 0 Å². The summed E-state index contributed by atoms with van der Waals surface area (Å²) in [6.07, 6.45) is 2.55. The standard InChI is InChI=1S/C10H15Cl2N3/c1-6(2)4-7(3)14-9-8(11)5-13-10(12)15-9/h5-7H,4H2,1-3H3,(H,13,14,15). The molecule has 84 valence electrons. The van der Waals surface area contributed by atoms with Crippen molar-refractivity contribution in [1.29, 1.82) is 0 Å². The fourth-order valence-corrected chi connectivity index (χ4v) is 1.73. The number of nitrogens with zero attached hydrogens (tertiary/aromatic N) is 2. The number of hydrogen-bond donors (Lipinski definition) is 1. The molecule has 1 N–H and O–H groups in total. The maximum Gasteiger partial charge on any atom is 0.224 e. The molecule has 15 heavy (non-hydrogen) atoms. The van der Waals surface area contributed by atoms with Crippen LogP contribution >= 0.6 is 23.2 Å². The summed E-state index contributed by atoms with van der Waals surface area (Å²) in [5.74, 6) is 1.23. The Morgan fingerprint density at radius 3 is 2.60 bits per heavy atom. The molecule has 0 aliphatic rings. The number of rotatable bonds is 4. The van der Waals surface area contributed by atoms with Gasteiger partial charge in [0.2, 0.25) is 5.28 Å². The van der Waals surface area contributed by atoms with Crippen LogP contribution in [0.4, 0.5) is 5.82 Å². The first-order valence-electron chi connectivity index (χ1n) is 4.93. The Morgan fingerprint density at radius 1 is 1.33 bits per heavy atom. The van der Waals surface area contributed by atoms with Crippen LogP contribution in [0, 0.1) is 5.92 Å². The molecule has 0 fully saturated rings. The summed E-state index contributed by atoms with van der Waals surface area (Å²) in [4.78, 5) is 7.82. The monoisotopic (exact) mass is 247 g/mol. The van der Waals surface area contributed by atoms with E-state index in [-0.39, 0.29) is 5.28 Å². The van der Waals surface area contributed by atoms with Gasteiger partial charge in [-0.2, -0.15) is 4.98 Å². The van der Waals surface area contributed by atoms with Crippen molar-refractivity contribution in [1.82, 2.24) is 9.97 Å². The van der Waals surface area contributed by atoms with E-state index in [4.69, 9.17) is 23.2 Å². The van der Waals surface area contributed by atoms with Gasteiger partial charge in [0, 0.05) is 6.04 Å². The molecule has 1 aromatic heterocycles. The lowest BCUT2D eigenvalue weighted by Gasteiger charge is -2.17. The lowest BCUT2D eigenvalue weighted by Crippen LogP contribution is -2.18. The minimum absolute atomic E-state index is 0.207. The molecule has 0 aliphatic heterocycles. The molecule has 3 nitrogen and oxygen atoms in total. The van der Waals surface area contributed by atoms with Gasteiger partial charge in [-0.1, -0.05) is 25.4 Å². The fourth-order valence-electron chi connectivity index (χ4n) is 1.45. The Hall–Kier alpha value is -0.540. The van der Waals surface area contributed by atoms with Gasteiger partial charge in [-0.05, 0) is 30.9 Å². The summed E-state index contributed by atoms with van der Waals surface area (Å²) in [6, 6.07) is 0.313. The highest BCUT2D eigenvalue weighted by atomic mass is 35.5. The van der Waals surface area contributed by atoms with Crippen molar-refractivity contribution in [2.75, 3.05) is 5.32 Å². The van der Waals surface area contributed by atoms with E-state index >= 15 is 0 Å². The third-order valence-electron chi connectivity index (χ3n) is 1.92. The Kier molecular flexibility index (Phi) is 4.61. The second-order valence-corrected chi connectivity index (χ2v) is 4.76. The molecule has 1 atom stereocenters. The zero-order valence-electron chi connectivity index (χ0n) is 9.09. The quantitative estimate of drug-likeness (QED) is 0.827. The summed E-state index contributed by atoms with van der Waals surface area (Å²) >= 11 is 11.6. The minimum Gasteiger partial charge on any atom is -0.366 e. The average Bonchev–Trinajstić information content (AvgIpc) is 2.10. The lowest BCUT2D eigenvalue weighted by atomic mass is 10.1. The summed E-state index contributed by atoms with van der Waals surface area (Å²) in [5, 5.41) is 3.92. The van der Waals surface area contributed by atoms with Crippen LogP contribution in [0.2, 0.25) is 10.3 Å². The van der Waals surface area contributed by atoms with Crippen LogP contribution in [0.1, 0.15) is 27.2 Å². The van der Waals surface area contributed by atoms with Crippen LogP contribution in [0.3, 0.4) is 0 Å². The van der Waals surface area contributed by atoms with Crippen molar-refractivity contribution in [3.05, 3.63) is 16.5 Å². The molecule has 5 heteroatoms. The summed E-state index contributed by atoms with van der Waals surface area (Å²) < 4.78 is 0. The van der Waals surface area contributed by atoms with Crippen LogP contribution in [0.25, 0.3) is 0 Å². The normalized spacial score (nSPS) is 12.9. The Morgan fingerprint density at radius 2 is 2.00 bits per heavy atom. The molecule has 1 unspecified atom stereocenters. The number of nitrogens with one attached hydrogen (secondary N) is 1. The van der Waals surface area contributed by atoms with Gasteiger partial charge in [0.05, 0.1) is 6.20 Å². The molecule has 0 bridgehead atoms. The molecular weight excluding hydrogens is 233 g/mol. The van der Waals surface area contributed by atoms with E-state index in [1.54, 1.807) is 0 Å². The van der Waals surface area contributed by atoms with Crippen LogP contribution in [0.15, 0.2) is 6.20 Å². The number of aromatic nitrogens is 2. The third-order valence-corrected chi connectivity index (χ3v) is 2.38. The van der Waals surface area contributed by atoms with Crippen LogP contribution in [-0.2, 0) is 0 Å². The molecule has 0 saturated heterocycles. The van der Waals surface area contributed by atoms with Gasteiger partial charge >= 0.3 is 0 Å². The van der Waals surface area contributed by atoms with Gasteiger partial charge in [0.15, 0.2) is 0 Å². The molecule has 1 heterocycles. The van der Waals surface area contributed by atoms with Crippen LogP contribution < -0.4 is 5.32 Å². The van der Waals surface area contributed by atoms with Crippen LogP contribution in [0.5, 0.6) is 0 Å². The lowest BCUT2D eigenvalue weighted by molar-refractivity contribution is 0.539. The highest BCUT2D eigenvalue weighted by molar-refractivity contribution is 6.33. The highest BCUT2D eigenvalue weighted by Gasteiger charge is 2.09. The first kappa shape index (κ1) is 12.5. The van der Waals surface area contributed by atoms with Crippen molar-refractivity contribution in [3.63, 3.8) is 0 Å². The third kappa shape index (κ3) is 4.22. The number of hydrogen-bond acceptors (Lipinski definition) is 3. The minimum atomic E-state index is 0.207. The zero-order valence-corrected chi connectivity index (χ0v) is 10.6. The second-order valence-electron chi connectivity index (χ2n) is 4.01. The van der Waals surface area contributed by atoms with E-state index < -0.39 is 0 Å².